The predicted octanol–water partition coefficient (Wildman–Crippen LogP) is 2.86. The minimum Gasteiger partial charge on any atom is -0.494 e. The number of nitrogens with one attached hydrogen (secondary N) is 1. The van der Waals surface area contributed by atoms with Gasteiger partial charge in [0.25, 0.3) is 0 Å². The van der Waals surface area contributed by atoms with Gasteiger partial charge in [0.15, 0.2) is 0 Å². The summed E-state index contributed by atoms with van der Waals surface area (Å²) >= 11 is 0. The zero-order chi connectivity index (χ0) is 14.3. The van der Waals surface area contributed by atoms with E-state index in [-0.39, 0.29) is 5.41 Å². The summed E-state index contributed by atoms with van der Waals surface area (Å²) in [6.07, 6.45) is 1.10. The molecular formula is C16H28N2O. The van der Waals surface area contributed by atoms with Crippen LogP contribution in [0.4, 0.5) is 0 Å². The Morgan fingerprint density at radius 2 is 2.05 bits per heavy atom. The third-order valence-electron chi connectivity index (χ3n) is 3.40. The molecule has 3 N–H and O–H groups in total. The summed E-state index contributed by atoms with van der Waals surface area (Å²) in [5.41, 5.74) is 8.44. The molecule has 0 spiro atoms. The van der Waals surface area contributed by atoms with Gasteiger partial charge in [0.1, 0.15) is 5.75 Å². The Morgan fingerprint density at radius 3 is 2.63 bits per heavy atom. The quantitative estimate of drug-likeness (QED) is 0.710. The Bertz CT molecular complexity index is 388. The molecule has 3 heteroatoms. The fourth-order valence-electron chi connectivity index (χ4n) is 1.90. The first kappa shape index (κ1) is 16.0. The molecule has 19 heavy (non-hydrogen) atoms. The Morgan fingerprint density at radius 1 is 1.32 bits per heavy atom. The Hall–Kier alpha value is -1.06. The molecule has 0 radical (unpaired) electrons. The lowest BCUT2D eigenvalue weighted by atomic mass is 9.90. The average molecular weight is 264 g/mol. The summed E-state index contributed by atoms with van der Waals surface area (Å²) in [4.78, 5) is 0. The average Bonchev–Trinajstić information content (AvgIpc) is 2.38. The maximum Gasteiger partial charge on any atom is 0.122 e. The Labute approximate surface area is 117 Å². The van der Waals surface area contributed by atoms with Crippen LogP contribution in [-0.2, 0) is 6.54 Å². The summed E-state index contributed by atoms with van der Waals surface area (Å²) in [5.74, 6) is 0.982. The number of hydrogen-bond donors (Lipinski definition) is 2. The van der Waals surface area contributed by atoms with Gasteiger partial charge in [-0.15, -0.1) is 0 Å². The monoisotopic (exact) mass is 264 g/mol. The number of rotatable bonds is 8. The second-order valence-electron chi connectivity index (χ2n) is 5.83. The van der Waals surface area contributed by atoms with Gasteiger partial charge >= 0.3 is 0 Å². The molecule has 0 bridgehead atoms. The van der Waals surface area contributed by atoms with Crippen LogP contribution < -0.4 is 15.8 Å². The molecule has 0 aromatic heterocycles. The van der Waals surface area contributed by atoms with E-state index in [9.17, 15) is 0 Å². The van der Waals surface area contributed by atoms with Crippen molar-refractivity contribution in [1.82, 2.24) is 5.32 Å². The first-order valence-corrected chi connectivity index (χ1v) is 7.11. The van der Waals surface area contributed by atoms with Crippen molar-refractivity contribution < 1.29 is 4.74 Å². The summed E-state index contributed by atoms with van der Waals surface area (Å²) in [7, 11) is 0. The van der Waals surface area contributed by atoms with Crippen molar-refractivity contribution >= 4 is 0 Å². The molecule has 0 saturated carbocycles. The normalized spacial score (nSPS) is 11.6. The van der Waals surface area contributed by atoms with Gasteiger partial charge in [0, 0.05) is 6.54 Å². The minimum absolute atomic E-state index is 0.224. The third kappa shape index (κ3) is 5.62. The van der Waals surface area contributed by atoms with E-state index in [0.29, 0.717) is 6.61 Å². The van der Waals surface area contributed by atoms with E-state index >= 15 is 0 Å². The van der Waals surface area contributed by atoms with Gasteiger partial charge < -0.3 is 15.8 Å². The van der Waals surface area contributed by atoms with Gasteiger partial charge in [-0.3, -0.25) is 0 Å². The minimum atomic E-state index is 0.224. The van der Waals surface area contributed by atoms with Crippen molar-refractivity contribution in [2.45, 2.75) is 40.7 Å². The van der Waals surface area contributed by atoms with Crippen molar-refractivity contribution in [1.29, 1.82) is 0 Å². The molecule has 0 amide bonds. The van der Waals surface area contributed by atoms with Gasteiger partial charge in [0.2, 0.25) is 0 Å². The fraction of sp³-hybridized carbons (Fsp3) is 0.625. The Kier molecular flexibility index (Phi) is 6.32. The summed E-state index contributed by atoms with van der Waals surface area (Å²) in [6, 6.07) is 6.37. The lowest BCUT2D eigenvalue weighted by Gasteiger charge is -2.22. The van der Waals surface area contributed by atoms with E-state index in [4.69, 9.17) is 10.5 Å². The van der Waals surface area contributed by atoms with E-state index in [2.05, 4.69) is 44.3 Å². The van der Waals surface area contributed by atoms with Gasteiger partial charge in [-0.2, -0.15) is 0 Å². The maximum absolute atomic E-state index is 5.72. The topological polar surface area (TPSA) is 47.3 Å². The zero-order valence-corrected chi connectivity index (χ0v) is 12.8. The van der Waals surface area contributed by atoms with Crippen LogP contribution in [0.5, 0.6) is 5.75 Å². The van der Waals surface area contributed by atoms with E-state index < -0.39 is 0 Å². The summed E-state index contributed by atoms with van der Waals surface area (Å²) in [6.45, 7) is 11.8. The van der Waals surface area contributed by atoms with Crippen molar-refractivity contribution in [2.24, 2.45) is 11.1 Å². The second-order valence-corrected chi connectivity index (χ2v) is 5.83. The molecule has 0 aliphatic rings. The SMILES string of the molecule is CCOc1ccc(CNCCC(C)(C)CN)cc1C. The molecule has 0 unspecified atom stereocenters. The van der Waals surface area contributed by atoms with Crippen molar-refractivity contribution in [3.8, 4) is 5.75 Å². The van der Waals surface area contributed by atoms with Crippen LogP contribution in [0.1, 0.15) is 38.3 Å². The van der Waals surface area contributed by atoms with Crippen molar-refractivity contribution in [2.75, 3.05) is 19.7 Å². The first-order chi connectivity index (χ1) is 8.98. The number of benzene rings is 1. The number of aryl methyl sites for hydroxylation is 1. The predicted molar refractivity (Wildman–Crippen MR) is 81.5 cm³/mol. The van der Waals surface area contributed by atoms with Crippen LogP contribution in [-0.4, -0.2) is 19.7 Å². The number of nitrogens with two attached hydrogens (primary N) is 1. The number of ether oxygens (including phenoxy) is 1. The van der Waals surface area contributed by atoms with E-state index in [1.165, 1.54) is 11.1 Å². The highest BCUT2D eigenvalue weighted by Crippen LogP contribution is 2.19. The molecule has 0 atom stereocenters. The molecule has 0 saturated heterocycles. The molecule has 1 aromatic rings. The highest BCUT2D eigenvalue weighted by molar-refractivity contribution is 5.36. The van der Waals surface area contributed by atoms with Crippen molar-refractivity contribution in [3.63, 3.8) is 0 Å². The zero-order valence-electron chi connectivity index (χ0n) is 12.8. The van der Waals surface area contributed by atoms with Gasteiger partial charge in [-0.1, -0.05) is 26.0 Å². The second kappa shape index (κ2) is 7.51. The van der Waals surface area contributed by atoms with Crippen LogP contribution in [0.15, 0.2) is 18.2 Å². The lowest BCUT2D eigenvalue weighted by molar-refractivity contribution is 0.337. The van der Waals surface area contributed by atoms with Crippen LogP contribution in [0.25, 0.3) is 0 Å². The molecule has 108 valence electrons. The molecular weight excluding hydrogens is 236 g/mol. The molecule has 0 heterocycles. The number of hydrogen-bond acceptors (Lipinski definition) is 3. The van der Waals surface area contributed by atoms with Crippen LogP contribution in [0.2, 0.25) is 0 Å². The summed E-state index contributed by atoms with van der Waals surface area (Å²) in [5, 5.41) is 3.47. The highest BCUT2D eigenvalue weighted by Gasteiger charge is 2.14. The van der Waals surface area contributed by atoms with Gasteiger partial charge in [0.05, 0.1) is 6.61 Å². The fourth-order valence-corrected chi connectivity index (χ4v) is 1.90. The lowest BCUT2D eigenvalue weighted by Crippen LogP contribution is -2.28. The third-order valence-corrected chi connectivity index (χ3v) is 3.40. The molecule has 0 fully saturated rings. The highest BCUT2D eigenvalue weighted by atomic mass is 16.5. The summed E-state index contributed by atoms with van der Waals surface area (Å²) < 4.78 is 5.54. The van der Waals surface area contributed by atoms with Gasteiger partial charge in [-0.05, 0) is 56.0 Å². The molecule has 1 aromatic carbocycles. The molecule has 0 aliphatic heterocycles. The standard InChI is InChI=1S/C16H28N2O/c1-5-19-15-7-6-14(10-13(15)2)11-18-9-8-16(3,4)12-17/h6-7,10,18H,5,8-9,11-12,17H2,1-4H3. The van der Waals surface area contributed by atoms with Crippen LogP contribution >= 0.6 is 0 Å². The molecule has 0 aliphatic carbocycles. The smallest absolute Gasteiger partial charge is 0.122 e. The van der Waals surface area contributed by atoms with Crippen LogP contribution in [0.3, 0.4) is 0 Å². The largest absolute Gasteiger partial charge is 0.494 e. The van der Waals surface area contributed by atoms with Crippen molar-refractivity contribution in [3.05, 3.63) is 29.3 Å². The van der Waals surface area contributed by atoms with E-state index in [0.717, 1.165) is 31.8 Å². The first-order valence-electron chi connectivity index (χ1n) is 7.11. The molecule has 3 nitrogen and oxygen atoms in total. The van der Waals surface area contributed by atoms with E-state index in [1.54, 1.807) is 0 Å². The van der Waals surface area contributed by atoms with E-state index in [1.807, 2.05) is 6.92 Å². The Balaban J connectivity index is 2.40. The maximum atomic E-state index is 5.72. The molecule has 1 rings (SSSR count). The van der Waals surface area contributed by atoms with Gasteiger partial charge in [-0.25, -0.2) is 0 Å². The van der Waals surface area contributed by atoms with Crippen LogP contribution in [0, 0.1) is 12.3 Å².